The lowest BCUT2D eigenvalue weighted by molar-refractivity contribution is 0.198. The summed E-state index contributed by atoms with van der Waals surface area (Å²) < 4.78 is 11.0. The summed E-state index contributed by atoms with van der Waals surface area (Å²) >= 11 is 0. The largest absolute Gasteiger partial charge is 0.493 e. The van der Waals surface area contributed by atoms with E-state index in [4.69, 9.17) is 9.47 Å². The molecular formula is C16H19NO3. The molecule has 20 heavy (non-hydrogen) atoms. The molecule has 106 valence electrons. The van der Waals surface area contributed by atoms with Crippen molar-refractivity contribution in [2.75, 3.05) is 7.11 Å². The second kappa shape index (κ2) is 6.39. The highest BCUT2D eigenvalue weighted by Crippen LogP contribution is 2.31. The molecule has 4 nitrogen and oxygen atoms in total. The summed E-state index contributed by atoms with van der Waals surface area (Å²) in [7, 11) is 1.62. The van der Waals surface area contributed by atoms with Gasteiger partial charge in [0.1, 0.15) is 0 Å². The molecule has 0 saturated heterocycles. The number of methoxy groups -OCH3 is 1. The maximum absolute atomic E-state index is 9.44. The molecule has 0 radical (unpaired) electrons. The first-order valence-corrected chi connectivity index (χ1v) is 6.62. The number of benzene rings is 1. The van der Waals surface area contributed by atoms with Crippen LogP contribution < -0.4 is 9.47 Å². The SMILES string of the molecule is CCc1ccc(Oc2ccc(C(C)O)cn2)c(OC)c1. The number of ether oxygens (including phenoxy) is 2. The molecule has 1 aromatic heterocycles. The zero-order chi connectivity index (χ0) is 14.5. The molecular weight excluding hydrogens is 254 g/mol. The van der Waals surface area contributed by atoms with E-state index in [1.54, 1.807) is 32.4 Å². The minimum atomic E-state index is -0.532. The van der Waals surface area contributed by atoms with Crippen LogP contribution in [0.3, 0.4) is 0 Å². The van der Waals surface area contributed by atoms with Crippen LogP contribution in [0.5, 0.6) is 17.4 Å². The van der Waals surface area contributed by atoms with Crippen molar-refractivity contribution in [1.29, 1.82) is 0 Å². The molecule has 1 aromatic carbocycles. The van der Waals surface area contributed by atoms with E-state index >= 15 is 0 Å². The molecule has 0 bridgehead atoms. The summed E-state index contributed by atoms with van der Waals surface area (Å²) in [6.45, 7) is 3.79. The van der Waals surface area contributed by atoms with Gasteiger partial charge < -0.3 is 14.6 Å². The number of nitrogens with zero attached hydrogens (tertiary/aromatic N) is 1. The Kier molecular flexibility index (Phi) is 4.58. The van der Waals surface area contributed by atoms with Gasteiger partial charge in [-0.3, -0.25) is 0 Å². The van der Waals surface area contributed by atoms with Crippen molar-refractivity contribution in [3.63, 3.8) is 0 Å². The van der Waals surface area contributed by atoms with Crippen LogP contribution in [0.25, 0.3) is 0 Å². The maximum Gasteiger partial charge on any atom is 0.219 e. The number of aromatic nitrogens is 1. The number of aryl methyl sites for hydroxylation is 1. The summed E-state index contributed by atoms with van der Waals surface area (Å²) in [4.78, 5) is 4.18. The molecule has 0 spiro atoms. The number of pyridine rings is 1. The fraction of sp³-hybridized carbons (Fsp3) is 0.312. The summed E-state index contributed by atoms with van der Waals surface area (Å²) in [5.41, 5.74) is 1.94. The third kappa shape index (κ3) is 3.27. The van der Waals surface area contributed by atoms with Crippen molar-refractivity contribution >= 4 is 0 Å². The average Bonchev–Trinajstić information content (AvgIpc) is 2.48. The Labute approximate surface area is 119 Å². The molecule has 0 aliphatic rings. The van der Waals surface area contributed by atoms with Crippen LogP contribution >= 0.6 is 0 Å². The van der Waals surface area contributed by atoms with Gasteiger partial charge in [0.25, 0.3) is 0 Å². The number of hydrogen-bond donors (Lipinski definition) is 1. The number of aliphatic hydroxyl groups is 1. The first-order valence-electron chi connectivity index (χ1n) is 6.62. The first-order chi connectivity index (χ1) is 9.63. The van der Waals surface area contributed by atoms with Gasteiger partial charge in [-0.15, -0.1) is 0 Å². The Balaban J connectivity index is 2.20. The third-order valence-electron chi connectivity index (χ3n) is 3.09. The van der Waals surface area contributed by atoms with Gasteiger partial charge in [-0.25, -0.2) is 4.98 Å². The molecule has 4 heteroatoms. The molecule has 1 heterocycles. The molecule has 1 N–H and O–H groups in total. The van der Waals surface area contributed by atoms with Crippen molar-refractivity contribution < 1.29 is 14.6 Å². The third-order valence-corrected chi connectivity index (χ3v) is 3.09. The smallest absolute Gasteiger partial charge is 0.219 e. The molecule has 0 fully saturated rings. The van der Waals surface area contributed by atoms with Gasteiger partial charge in [-0.2, -0.15) is 0 Å². The lowest BCUT2D eigenvalue weighted by Crippen LogP contribution is -1.95. The lowest BCUT2D eigenvalue weighted by Gasteiger charge is -2.11. The Morgan fingerprint density at radius 3 is 2.55 bits per heavy atom. The average molecular weight is 273 g/mol. The fourth-order valence-corrected chi connectivity index (χ4v) is 1.83. The molecule has 1 unspecified atom stereocenters. The van der Waals surface area contributed by atoms with E-state index in [2.05, 4.69) is 11.9 Å². The standard InChI is InChI=1S/C16H19NO3/c1-4-12-5-7-14(15(9-12)19-3)20-16-8-6-13(10-17-16)11(2)18/h5-11,18H,4H2,1-3H3. The Morgan fingerprint density at radius 1 is 1.20 bits per heavy atom. The van der Waals surface area contributed by atoms with Crippen molar-refractivity contribution in [2.45, 2.75) is 26.4 Å². The molecule has 0 saturated carbocycles. The van der Waals surface area contributed by atoms with Crippen LogP contribution in [0.2, 0.25) is 0 Å². The Hall–Kier alpha value is -2.07. The fourth-order valence-electron chi connectivity index (χ4n) is 1.83. The highest BCUT2D eigenvalue weighted by molar-refractivity contribution is 5.44. The van der Waals surface area contributed by atoms with Gasteiger partial charge in [0.2, 0.25) is 5.88 Å². The van der Waals surface area contributed by atoms with E-state index in [1.165, 1.54) is 5.56 Å². The number of rotatable bonds is 5. The second-order valence-corrected chi connectivity index (χ2v) is 4.55. The monoisotopic (exact) mass is 273 g/mol. The minimum absolute atomic E-state index is 0.469. The van der Waals surface area contributed by atoms with Crippen molar-refractivity contribution in [1.82, 2.24) is 4.98 Å². The normalized spacial score (nSPS) is 12.0. The second-order valence-electron chi connectivity index (χ2n) is 4.55. The number of aliphatic hydroxyl groups excluding tert-OH is 1. The minimum Gasteiger partial charge on any atom is -0.493 e. The van der Waals surface area contributed by atoms with Gasteiger partial charge in [-0.1, -0.05) is 13.0 Å². The molecule has 2 aromatic rings. The summed E-state index contributed by atoms with van der Waals surface area (Å²) in [5, 5.41) is 9.44. The van der Waals surface area contributed by atoms with E-state index in [0.717, 1.165) is 12.0 Å². The Morgan fingerprint density at radius 2 is 2.00 bits per heavy atom. The van der Waals surface area contributed by atoms with E-state index < -0.39 is 6.10 Å². The van der Waals surface area contributed by atoms with E-state index in [0.29, 0.717) is 17.4 Å². The molecule has 2 rings (SSSR count). The molecule has 0 amide bonds. The molecule has 0 aliphatic carbocycles. The topological polar surface area (TPSA) is 51.6 Å². The Bertz CT molecular complexity index is 564. The highest BCUT2D eigenvalue weighted by atomic mass is 16.5. The predicted molar refractivity (Wildman–Crippen MR) is 77.3 cm³/mol. The van der Waals surface area contributed by atoms with Crippen LogP contribution in [0.1, 0.15) is 31.1 Å². The van der Waals surface area contributed by atoms with Gasteiger partial charge >= 0.3 is 0 Å². The van der Waals surface area contributed by atoms with E-state index in [9.17, 15) is 5.11 Å². The van der Waals surface area contributed by atoms with E-state index in [1.807, 2.05) is 18.2 Å². The summed E-state index contributed by atoms with van der Waals surface area (Å²) in [6, 6.07) is 9.36. The zero-order valence-electron chi connectivity index (χ0n) is 12.0. The van der Waals surface area contributed by atoms with Crippen LogP contribution in [0.15, 0.2) is 36.5 Å². The van der Waals surface area contributed by atoms with Crippen LogP contribution in [0.4, 0.5) is 0 Å². The van der Waals surface area contributed by atoms with Gasteiger partial charge in [0.15, 0.2) is 11.5 Å². The van der Waals surface area contributed by atoms with Crippen LogP contribution in [0, 0.1) is 0 Å². The molecule has 1 atom stereocenters. The van der Waals surface area contributed by atoms with Gasteiger partial charge in [0.05, 0.1) is 13.2 Å². The van der Waals surface area contributed by atoms with Crippen molar-refractivity contribution in [2.24, 2.45) is 0 Å². The maximum atomic E-state index is 9.44. The van der Waals surface area contributed by atoms with Gasteiger partial charge in [-0.05, 0) is 42.7 Å². The van der Waals surface area contributed by atoms with Gasteiger partial charge in [0, 0.05) is 12.3 Å². The van der Waals surface area contributed by atoms with Crippen LogP contribution in [-0.4, -0.2) is 17.2 Å². The van der Waals surface area contributed by atoms with Crippen molar-refractivity contribution in [3.05, 3.63) is 47.7 Å². The van der Waals surface area contributed by atoms with Crippen molar-refractivity contribution in [3.8, 4) is 17.4 Å². The van der Waals surface area contributed by atoms with Crippen LogP contribution in [-0.2, 0) is 6.42 Å². The predicted octanol–water partition coefficient (Wildman–Crippen LogP) is 3.50. The summed E-state index contributed by atoms with van der Waals surface area (Å²) in [5.74, 6) is 1.78. The number of hydrogen-bond acceptors (Lipinski definition) is 4. The highest BCUT2D eigenvalue weighted by Gasteiger charge is 2.08. The zero-order valence-corrected chi connectivity index (χ0v) is 12.0. The lowest BCUT2D eigenvalue weighted by atomic mass is 10.1. The van der Waals surface area contributed by atoms with E-state index in [-0.39, 0.29) is 0 Å². The molecule has 0 aliphatic heterocycles. The summed E-state index contributed by atoms with van der Waals surface area (Å²) in [6.07, 6.45) is 2.01. The first kappa shape index (κ1) is 14.3. The quantitative estimate of drug-likeness (QED) is 0.906.